The van der Waals surface area contributed by atoms with Gasteiger partial charge in [-0.15, -0.1) is 0 Å². The number of nitrogens with zero attached hydrogens (tertiary/aromatic N) is 2. The second-order valence-corrected chi connectivity index (χ2v) is 13.9. The number of rotatable bonds is 12. The molecule has 2 atom stereocenters. The fraction of sp³-hybridized carbons (Fsp3) is 0.594. The van der Waals surface area contributed by atoms with E-state index in [9.17, 15) is 17.6 Å². The predicted molar refractivity (Wildman–Crippen MR) is 161 cm³/mol. The number of methoxy groups -OCH3 is 1. The molecule has 232 valence electrons. The van der Waals surface area contributed by atoms with Gasteiger partial charge in [0.25, 0.3) is 0 Å². The summed E-state index contributed by atoms with van der Waals surface area (Å²) in [7, 11) is 2.06. The van der Waals surface area contributed by atoms with Crippen molar-refractivity contribution < 1.29 is 27.1 Å². The van der Waals surface area contributed by atoms with Gasteiger partial charge in [-0.25, -0.2) is 12.8 Å². The van der Waals surface area contributed by atoms with Gasteiger partial charge in [0.05, 0.1) is 18.1 Å². The number of halogens is 1. The average Bonchev–Trinajstić information content (AvgIpc) is 3.43. The van der Waals surface area contributed by atoms with E-state index >= 15 is 0 Å². The molecule has 4 rings (SSSR count). The summed E-state index contributed by atoms with van der Waals surface area (Å²) in [6.07, 6.45) is 5.61. The number of ether oxygens (including phenoxy) is 2. The fourth-order valence-corrected chi connectivity index (χ4v) is 8.62. The summed E-state index contributed by atoms with van der Waals surface area (Å²) in [6.45, 7) is 4.67. The quantitative estimate of drug-likeness (QED) is 0.374. The van der Waals surface area contributed by atoms with Gasteiger partial charge in [-0.05, 0) is 106 Å². The Hall–Kier alpha value is -2.53. The number of nitrogens with one attached hydrogen (secondary N) is 1. The minimum absolute atomic E-state index is 0.0753. The van der Waals surface area contributed by atoms with Gasteiger partial charge in [-0.2, -0.15) is 4.31 Å². The summed E-state index contributed by atoms with van der Waals surface area (Å²) in [5.41, 5.74) is 2.45. The van der Waals surface area contributed by atoms with Crippen molar-refractivity contribution in [2.75, 3.05) is 47.4 Å². The molecule has 1 saturated carbocycles. The highest BCUT2D eigenvalue weighted by atomic mass is 32.2. The smallest absolute Gasteiger partial charge is 0.246 e. The highest BCUT2D eigenvalue weighted by molar-refractivity contribution is 7.89. The minimum Gasteiger partial charge on any atom is -0.497 e. The van der Waals surface area contributed by atoms with E-state index in [1.165, 1.54) is 4.31 Å². The second kappa shape index (κ2) is 14.3. The van der Waals surface area contributed by atoms with Crippen LogP contribution in [0.25, 0.3) is 0 Å². The molecule has 1 saturated heterocycles. The molecule has 1 heterocycles. The Kier molecular flexibility index (Phi) is 11.0. The Balaban J connectivity index is 1.17. The van der Waals surface area contributed by atoms with Crippen molar-refractivity contribution in [3.8, 4) is 5.75 Å². The van der Waals surface area contributed by atoms with Crippen molar-refractivity contribution in [1.29, 1.82) is 0 Å². The van der Waals surface area contributed by atoms with Gasteiger partial charge in [0.1, 0.15) is 18.2 Å². The number of benzene rings is 2. The third-order valence-corrected chi connectivity index (χ3v) is 11.0. The maximum absolute atomic E-state index is 13.4. The molecule has 1 aliphatic heterocycles. The topological polar surface area (TPSA) is 88.2 Å². The third-order valence-electron chi connectivity index (χ3n) is 8.81. The molecule has 1 aliphatic carbocycles. The summed E-state index contributed by atoms with van der Waals surface area (Å²) in [4.78, 5) is 15.0. The molecular weight excluding hydrogens is 557 g/mol. The first-order valence-electron chi connectivity index (χ1n) is 14.9. The van der Waals surface area contributed by atoms with Crippen LogP contribution in [0.3, 0.4) is 0 Å². The summed E-state index contributed by atoms with van der Waals surface area (Å²) in [5.74, 6) is 1.34. The number of hydrogen-bond acceptors (Lipinski definition) is 6. The first kappa shape index (κ1) is 32.4. The molecule has 42 heavy (non-hydrogen) atoms. The van der Waals surface area contributed by atoms with Crippen molar-refractivity contribution in [1.82, 2.24) is 14.5 Å². The molecule has 8 nitrogen and oxygen atoms in total. The van der Waals surface area contributed by atoms with Crippen LogP contribution in [-0.2, 0) is 19.6 Å². The van der Waals surface area contributed by atoms with E-state index in [0.717, 1.165) is 37.7 Å². The van der Waals surface area contributed by atoms with Crippen LogP contribution in [0.2, 0.25) is 0 Å². The Bertz CT molecular complexity index is 1290. The van der Waals surface area contributed by atoms with Crippen molar-refractivity contribution >= 4 is 15.9 Å². The second-order valence-electron chi connectivity index (χ2n) is 12.1. The number of aryl methyl sites for hydroxylation is 2. The summed E-state index contributed by atoms with van der Waals surface area (Å²) < 4.78 is 52.7. The average molecular weight is 604 g/mol. The number of carbonyl (C=O) groups is 1. The standard InChI is InChI=1S/C32H46FN3O5S/c1-22-18-29(40-5)19-23(2)32(22)42(38,39)36-17-15-28(20-36)41-21-30(37)34-16-14-24-6-8-25(9-7-24)31(35(3)4)26-10-12-27(33)13-11-26/h10-13,18-19,24-25,28,31H,6-9,14-17,20-21H2,1-5H3,(H,34,37). The van der Waals surface area contributed by atoms with Gasteiger partial charge in [-0.3, -0.25) is 4.79 Å². The molecule has 0 bridgehead atoms. The zero-order valence-electron chi connectivity index (χ0n) is 25.6. The predicted octanol–water partition coefficient (Wildman–Crippen LogP) is 4.85. The van der Waals surface area contributed by atoms with Gasteiger partial charge < -0.3 is 19.7 Å². The lowest BCUT2D eigenvalue weighted by Gasteiger charge is -2.37. The van der Waals surface area contributed by atoms with Crippen LogP contribution in [0.1, 0.15) is 61.3 Å². The molecule has 0 radical (unpaired) electrons. The first-order chi connectivity index (χ1) is 20.0. The first-order valence-corrected chi connectivity index (χ1v) is 16.4. The van der Waals surface area contributed by atoms with Crippen molar-refractivity contribution in [2.24, 2.45) is 11.8 Å². The van der Waals surface area contributed by atoms with Gasteiger partial charge in [-0.1, -0.05) is 25.0 Å². The normalized spacial score (nSPS) is 22.3. The van der Waals surface area contributed by atoms with Crippen LogP contribution in [0.4, 0.5) is 4.39 Å². The van der Waals surface area contributed by atoms with E-state index < -0.39 is 10.0 Å². The highest BCUT2D eigenvalue weighted by Crippen LogP contribution is 2.40. The zero-order chi connectivity index (χ0) is 30.4. The molecule has 2 aromatic carbocycles. The molecule has 2 aromatic rings. The summed E-state index contributed by atoms with van der Waals surface area (Å²) >= 11 is 0. The molecular formula is C32H46FN3O5S. The maximum Gasteiger partial charge on any atom is 0.246 e. The molecule has 0 aromatic heterocycles. The van der Waals surface area contributed by atoms with Crippen LogP contribution in [-0.4, -0.2) is 77.1 Å². The molecule has 10 heteroatoms. The summed E-state index contributed by atoms with van der Waals surface area (Å²) in [5, 5.41) is 2.98. The van der Waals surface area contributed by atoms with Crippen molar-refractivity contribution in [3.63, 3.8) is 0 Å². The van der Waals surface area contributed by atoms with Gasteiger partial charge in [0.15, 0.2) is 0 Å². The van der Waals surface area contributed by atoms with E-state index in [-0.39, 0.29) is 37.0 Å². The minimum atomic E-state index is -3.68. The largest absolute Gasteiger partial charge is 0.497 e. The van der Waals surface area contributed by atoms with E-state index in [0.29, 0.717) is 53.1 Å². The van der Waals surface area contributed by atoms with Gasteiger partial charge >= 0.3 is 0 Å². The summed E-state index contributed by atoms with van der Waals surface area (Å²) in [6, 6.07) is 10.6. The third kappa shape index (κ3) is 7.89. The monoisotopic (exact) mass is 603 g/mol. The van der Waals surface area contributed by atoms with Crippen LogP contribution in [0.5, 0.6) is 5.75 Å². The number of sulfonamides is 1. The molecule has 1 N–H and O–H groups in total. The number of carbonyl (C=O) groups excluding carboxylic acids is 1. The van der Waals surface area contributed by atoms with Crippen LogP contribution >= 0.6 is 0 Å². The number of amides is 1. The lowest BCUT2D eigenvalue weighted by molar-refractivity contribution is -0.127. The SMILES string of the molecule is COc1cc(C)c(S(=O)(=O)N2CCC(OCC(=O)NCCC3CCC(C(c4ccc(F)cc4)N(C)C)CC3)C2)c(C)c1. The van der Waals surface area contributed by atoms with Crippen LogP contribution in [0.15, 0.2) is 41.3 Å². The molecule has 1 amide bonds. The zero-order valence-corrected chi connectivity index (χ0v) is 26.4. The fourth-order valence-electron chi connectivity index (χ4n) is 6.72. The van der Waals surface area contributed by atoms with E-state index in [1.807, 2.05) is 12.1 Å². The van der Waals surface area contributed by atoms with Crippen molar-refractivity contribution in [2.45, 2.75) is 69.4 Å². The molecule has 2 aliphatic rings. The Morgan fingerprint density at radius 2 is 1.71 bits per heavy atom. The van der Waals surface area contributed by atoms with E-state index in [2.05, 4.69) is 24.3 Å². The van der Waals surface area contributed by atoms with E-state index in [1.54, 1.807) is 45.2 Å². The van der Waals surface area contributed by atoms with Crippen LogP contribution in [0, 0.1) is 31.5 Å². The maximum atomic E-state index is 13.4. The lowest BCUT2D eigenvalue weighted by Crippen LogP contribution is -2.34. The molecule has 2 fully saturated rings. The Labute approximate surface area is 250 Å². The Morgan fingerprint density at radius 3 is 2.31 bits per heavy atom. The lowest BCUT2D eigenvalue weighted by atomic mass is 9.75. The Morgan fingerprint density at radius 1 is 1.07 bits per heavy atom. The van der Waals surface area contributed by atoms with Gasteiger partial charge in [0, 0.05) is 25.7 Å². The van der Waals surface area contributed by atoms with E-state index in [4.69, 9.17) is 9.47 Å². The molecule has 0 spiro atoms. The van der Waals surface area contributed by atoms with Gasteiger partial charge in [0.2, 0.25) is 15.9 Å². The number of hydrogen-bond donors (Lipinski definition) is 1. The highest BCUT2D eigenvalue weighted by Gasteiger charge is 2.35. The van der Waals surface area contributed by atoms with Crippen LogP contribution < -0.4 is 10.1 Å². The molecule has 2 unspecified atom stereocenters. The van der Waals surface area contributed by atoms with Crippen molar-refractivity contribution in [3.05, 3.63) is 58.9 Å².